The number of hydrogen-bond acceptors (Lipinski definition) is 7. The number of likely N-dealkylation sites (tertiary alicyclic amines) is 1. The minimum absolute atomic E-state index is 0.0999. The number of anilines is 1. The molecule has 0 saturated carbocycles. The summed E-state index contributed by atoms with van der Waals surface area (Å²) in [5, 5.41) is 13.0. The van der Waals surface area contributed by atoms with Crippen LogP contribution in [0.3, 0.4) is 0 Å². The monoisotopic (exact) mass is 441 g/mol. The van der Waals surface area contributed by atoms with Crippen LogP contribution in [0, 0.1) is 17.2 Å². The predicted molar refractivity (Wildman–Crippen MR) is 115 cm³/mol. The summed E-state index contributed by atoms with van der Waals surface area (Å²) >= 11 is 1.42. The number of thiophene rings is 1. The number of fused-ring (bicyclic) bond motifs is 1. The zero-order chi connectivity index (χ0) is 21.8. The molecule has 0 spiro atoms. The molecule has 2 aromatic heterocycles. The van der Waals surface area contributed by atoms with Gasteiger partial charge in [-0.1, -0.05) is 0 Å². The summed E-state index contributed by atoms with van der Waals surface area (Å²) in [6.45, 7) is 1.48. The SMILES string of the molecule is COC1CN(C(=O)OCC2CCc3c(sc(NC(=O)C=Cc4ccco4)c3C#N)C2)C1. The van der Waals surface area contributed by atoms with Crippen LogP contribution in [-0.2, 0) is 27.1 Å². The van der Waals surface area contributed by atoms with E-state index in [4.69, 9.17) is 13.9 Å². The maximum Gasteiger partial charge on any atom is 0.409 e. The Morgan fingerprint density at radius 1 is 1.45 bits per heavy atom. The van der Waals surface area contributed by atoms with Gasteiger partial charge in [-0.3, -0.25) is 4.79 Å². The van der Waals surface area contributed by atoms with Gasteiger partial charge in [-0.15, -0.1) is 11.3 Å². The van der Waals surface area contributed by atoms with E-state index in [1.807, 2.05) is 0 Å². The third kappa shape index (κ3) is 4.81. The summed E-state index contributed by atoms with van der Waals surface area (Å²) in [6, 6.07) is 5.72. The number of carbonyl (C=O) groups is 2. The van der Waals surface area contributed by atoms with E-state index in [1.165, 1.54) is 23.7 Å². The smallest absolute Gasteiger partial charge is 0.409 e. The fraction of sp³-hybridized carbons (Fsp3) is 0.409. The van der Waals surface area contributed by atoms with Gasteiger partial charge in [0, 0.05) is 18.1 Å². The maximum atomic E-state index is 12.3. The van der Waals surface area contributed by atoms with E-state index in [0.29, 0.717) is 36.0 Å². The number of hydrogen-bond donors (Lipinski definition) is 1. The van der Waals surface area contributed by atoms with Crippen LogP contribution in [0.4, 0.5) is 9.80 Å². The van der Waals surface area contributed by atoms with Gasteiger partial charge < -0.3 is 24.1 Å². The highest BCUT2D eigenvalue weighted by molar-refractivity contribution is 7.16. The largest absolute Gasteiger partial charge is 0.465 e. The second-order valence-electron chi connectivity index (χ2n) is 7.61. The number of rotatable bonds is 6. The van der Waals surface area contributed by atoms with Crippen molar-refractivity contribution < 1.29 is 23.5 Å². The second kappa shape index (κ2) is 9.37. The Morgan fingerprint density at radius 3 is 3.00 bits per heavy atom. The zero-order valence-corrected chi connectivity index (χ0v) is 17.9. The van der Waals surface area contributed by atoms with Gasteiger partial charge in [0.15, 0.2) is 0 Å². The molecule has 4 rings (SSSR count). The molecule has 31 heavy (non-hydrogen) atoms. The van der Waals surface area contributed by atoms with Crippen LogP contribution in [0.1, 0.15) is 28.2 Å². The van der Waals surface area contributed by atoms with Crippen molar-refractivity contribution in [3.8, 4) is 6.07 Å². The van der Waals surface area contributed by atoms with Crippen molar-refractivity contribution in [1.82, 2.24) is 4.90 Å². The Labute approximate surface area is 184 Å². The normalized spacial score (nSPS) is 18.3. The number of nitrogens with zero attached hydrogens (tertiary/aromatic N) is 2. The van der Waals surface area contributed by atoms with E-state index < -0.39 is 0 Å². The number of furan rings is 1. The van der Waals surface area contributed by atoms with Gasteiger partial charge in [0.05, 0.1) is 37.6 Å². The molecule has 0 radical (unpaired) electrons. The molecule has 1 aliphatic heterocycles. The highest BCUT2D eigenvalue weighted by Crippen LogP contribution is 2.39. The van der Waals surface area contributed by atoms with E-state index >= 15 is 0 Å². The van der Waals surface area contributed by atoms with Crippen molar-refractivity contribution in [2.24, 2.45) is 5.92 Å². The molecule has 162 valence electrons. The van der Waals surface area contributed by atoms with Gasteiger partial charge >= 0.3 is 6.09 Å². The van der Waals surface area contributed by atoms with Crippen LogP contribution in [0.15, 0.2) is 28.9 Å². The summed E-state index contributed by atoms with van der Waals surface area (Å²) in [4.78, 5) is 27.1. The number of carbonyl (C=O) groups excluding carboxylic acids is 2. The molecular formula is C22H23N3O5S. The molecular weight excluding hydrogens is 418 g/mol. The van der Waals surface area contributed by atoms with Crippen LogP contribution < -0.4 is 5.32 Å². The lowest BCUT2D eigenvalue weighted by molar-refractivity contribution is -0.111. The minimum Gasteiger partial charge on any atom is -0.465 e. The quantitative estimate of drug-likeness (QED) is 0.689. The molecule has 1 saturated heterocycles. The highest BCUT2D eigenvalue weighted by Gasteiger charge is 2.33. The van der Waals surface area contributed by atoms with Crippen LogP contribution in [0.25, 0.3) is 6.08 Å². The summed E-state index contributed by atoms with van der Waals surface area (Å²) in [6.07, 6.45) is 6.56. The third-order valence-electron chi connectivity index (χ3n) is 5.54. The summed E-state index contributed by atoms with van der Waals surface area (Å²) in [7, 11) is 1.63. The molecule has 8 nitrogen and oxygen atoms in total. The van der Waals surface area contributed by atoms with Crippen molar-refractivity contribution in [2.45, 2.75) is 25.4 Å². The van der Waals surface area contributed by atoms with E-state index in [-0.39, 0.29) is 24.0 Å². The number of nitrogens with one attached hydrogen (secondary N) is 1. The Hall–Kier alpha value is -3.09. The first-order chi connectivity index (χ1) is 15.1. The second-order valence-corrected chi connectivity index (χ2v) is 8.71. The summed E-state index contributed by atoms with van der Waals surface area (Å²) in [5.74, 6) is 0.457. The molecule has 9 heteroatoms. The molecule has 2 aliphatic rings. The zero-order valence-electron chi connectivity index (χ0n) is 17.1. The third-order valence-corrected chi connectivity index (χ3v) is 6.71. The van der Waals surface area contributed by atoms with Gasteiger partial charge in [0.1, 0.15) is 16.8 Å². The number of ether oxygens (including phenoxy) is 2. The molecule has 1 N–H and O–H groups in total. The molecule has 3 heterocycles. The van der Waals surface area contributed by atoms with Crippen LogP contribution in [-0.4, -0.2) is 49.8 Å². The van der Waals surface area contributed by atoms with Gasteiger partial charge in [-0.05, 0) is 49.0 Å². The summed E-state index contributed by atoms with van der Waals surface area (Å²) < 4.78 is 15.8. The van der Waals surface area contributed by atoms with Crippen LogP contribution >= 0.6 is 11.3 Å². The molecule has 2 amide bonds. The first kappa shape index (κ1) is 21.2. The molecule has 1 aliphatic carbocycles. The molecule has 1 unspecified atom stereocenters. The van der Waals surface area contributed by atoms with Crippen molar-refractivity contribution in [3.63, 3.8) is 0 Å². The van der Waals surface area contributed by atoms with Crippen LogP contribution in [0.2, 0.25) is 0 Å². The Balaban J connectivity index is 1.34. The molecule has 1 atom stereocenters. The average molecular weight is 442 g/mol. The molecule has 1 fully saturated rings. The molecule has 2 aromatic rings. The van der Waals surface area contributed by atoms with Crippen molar-refractivity contribution >= 4 is 34.4 Å². The first-order valence-electron chi connectivity index (χ1n) is 10.1. The predicted octanol–water partition coefficient (Wildman–Crippen LogP) is 3.44. The lowest BCUT2D eigenvalue weighted by Crippen LogP contribution is -2.54. The Bertz CT molecular complexity index is 1010. The maximum absolute atomic E-state index is 12.3. The van der Waals surface area contributed by atoms with Crippen molar-refractivity contribution in [3.05, 3.63) is 46.2 Å². The van der Waals surface area contributed by atoms with Gasteiger partial charge in [-0.25, -0.2) is 4.79 Å². The first-order valence-corrected chi connectivity index (χ1v) is 10.9. The lowest BCUT2D eigenvalue weighted by Gasteiger charge is -2.37. The standard InChI is InChI=1S/C22H23N3O5S/c1-28-16-11-25(12-16)22(27)30-13-14-4-6-17-18(10-23)21(31-19(17)9-14)24-20(26)7-5-15-3-2-8-29-15/h2-3,5,7-8,14,16H,4,6,9,11-13H2,1H3,(H,24,26). The number of amides is 2. The van der Waals surface area contributed by atoms with Crippen molar-refractivity contribution in [2.75, 3.05) is 32.1 Å². The number of methoxy groups -OCH3 is 1. The topological polar surface area (TPSA) is 105 Å². The molecule has 0 aromatic carbocycles. The van der Waals surface area contributed by atoms with E-state index in [2.05, 4.69) is 11.4 Å². The van der Waals surface area contributed by atoms with Gasteiger partial charge in [0.25, 0.3) is 0 Å². The fourth-order valence-electron chi connectivity index (χ4n) is 3.72. The number of nitriles is 1. The Kier molecular flexibility index (Phi) is 6.39. The van der Waals surface area contributed by atoms with E-state index in [9.17, 15) is 14.9 Å². The van der Waals surface area contributed by atoms with E-state index in [0.717, 1.165) is 29.7 Å². The lowest BCUT2D eigenvalue weighted by atomic mass is 9.88. The van der Waals surface area contributed by atoms with Gasteiger partial charge in [-0.2, -0.15) is 5.26 Å². The van der Waals surface area contributed by atoms with Crippen LogP contribution in [0.5, 0.6) is 0 Å². The van der Waals surface area contributed by atoms with Gasteiger partial charge in [0.2, 0.25) is 5.91 Å². The average Bonchev–Trinajstić information content (AvgIpc) is 3.36. The molecule has 0 bridgehead atoms. The fourth-order valence-corrected chi connectivity index (χ4v) is 5.03. The van der Waals surface area contributed by atoms with Crippen molar-refractivity contribution in [1.29, 1.82) is 5.26 Å². The minimum atomic E-state index is -0.319. The Morgan fingerprint density at radius 2 is 2.29 bits per heavy atom. The summed E-state index contributed by atoms with van der Waals surface area (Å²) in [5.41, 5.74) is 1.52. The highest BCUT2D eigenvalue weighted by atomic mass is 32.1. The van der Waals surface area contributed by atoms with E-state index in [1.54, 1.807) is 30.2 Å².